The van der Waals surface area contributed by atoms with Crippen LogP contribution in [0.1, 0.15) is 51.9 Å². The molecule has 0 aliphatic carbocycles. The summed E-state index contributed by atoms with van der Waals surface area (Å²) in [6.07, 6.45) is 0. The smallest absolute Gasteiger partial charge is 0.171 e. The van der Waals surface area contributed by atoms with Crippen molar-refractivity contribution in [3.8, 4) is 0 Å². The first-order chi connectivity index (χ1) is 8.00. The van der Waals surface area contributed by atoms with Gasteiger partial charge in [0, 0.05) is 16.6 Å². The van der Waals surface area contributed by atoms with Crippen LogP contribution in [0.5, 0.6) is 0 Å². The second-order valence-corrected chi connectivity index (χ2v) is 6.65. The van der Waals surface area contributed by atoms with Crippen LogP contribution < -0.4 is 5.32 Å². The zero-order valence-electron chi connectivity index (χ0n) is 12.0. The number of carbonyl (C=O) groups excluding carboxylic acids is 1. The highest BCUT2D eigenvalue weighted by molar-refractivity contribution is 6.00. The molecule has 1 aromatic rings. The number of hydrogen-bond donors (Lipinski definition) is 1. The van der Waals surface area contributed by atoms with Gasteiger partial charge in [-0.05, 0) is 39.0 Å². The monoisotopic (exact) mass is 251 g/mol. The fourth-order valence-electron chi connectivity index (χ4n) is 1.61. The van der Waals surface area contributed by atoms with E-state index in [-0.39, 0.29) is 16.9 Å². The Kier molecular flexibility index (Phi) is 3.84. The minimum Gasteiger partial charge on any atom is -0.380 e. The summed E-state index contributed by atoms with van der Waals surface area (Å²) in [7, 11) is 0. The lowest BCUT2D eigenvalue weighted by atomic mass is 9.86. The Morgan fingerprint density at radius 2 is 1.67 bits per heavy atom. The lowest BCUT2D eigenvalue weighted by Crippen LogP contribution is -2.27. The van der Waals surface area contributed by atoms with Crippen LogP contribution in [0, 0.1) is 11.2 Å². The van der Waals surface area contributed by atoms with Crippen LogP contribution in [0.3, 0.4) is 0 Å². The van der Waals surface area contributed by atoms with E-state index in [1.807, 2.05) is 20.8 Å². The van der Waals surface area contributed by atoms with Gasteiger partial charge in [-0.1, -0.05) is 20.8 Å². The maximum Gasteiger partial charge on any atom is 0.171 e. The summed E-state index contributed by atoms with van der Waals surface area (Å²) in [6, 6.07) is 4.58. The van der Waals surface area contributed by atoms with Crippen LogP contribution >= 0.6 is 0 Å². The summed E-state index contributed by atoms with van der Waals surface area (Å²) in [4.78, 5) is 12.1. The largest absolute Gasteiger partial charge is 0.380 e. The van der Waals surface area contributed by atoms with Crippen molar-refractivity contribution in [2.75, 3.05) is 5.32 Å². The Morgan fingerprint density at radius 1 is 1.11 bits per heavy atom. The molecule has 0 bridgehead atoms. The van der Waals surface area contributed by atoms with Gasteiger partial charge < -0.3 is 5.32 Å². The Morgan fingerprint density at radius 3 is 2.11 bits per heavy atom. The fourth-order valence-corrected chi connectivity index (χ4v) is 1.61. The van der Waals surface area contributed by atoms with Crippen molar-refractivity contribution in [1.82, 2.24) is 0 Å². The molecule has 0 saturated heterocycles. The van der Waals surface area contributed by atoms with Crippen LogP contribution in [0.15, 0.2) is 18.2 Å². The molecule has 0 spiro atoms. The molecule has 18 heavy (non-hydrogen) atoms. The number of Topliss-reactive ketones (excluding diaryl/α,β-unsaturated/α-hetero) is 1. The highest BCUT2D eigenvalue weighted by atomic mass is 19.1. The van der Waals surface area contributed by atoms with Crippen molar-refractivity contribution in [2.24, 2.45) is 5.41 Å². The van der Waals surface area contributed by atoms with Gasteiger partial charge in [0.05, 0.1) is 5.56 Å². The fraction of sp³-hybridized carbons (Fsp3) is 0.533. The lowest BCUT2D eigenvalue weighted by molar-refractivity contribution is 0.0854. The van der Waals surface area contributed by atoms with Crippen LogP contribution in [0.2, 0.25) is 0 Å². The second-order valence-electron chi connectivity index (χ2n) is 6.65. The number of nitrogens with one attached hydrogen (secondary N) is 1. The van der Waals surface area contributed by atoms with E-state index in [9.17, 15) is 9.18 Å². The molecular weight excluding hydrogens is 229 g/mol. The molecule has 0 radical (unpaired) electrons. The van der Waals surface area contributed by atoms with Gasteiger partial charge in [-0.15, -0.1) is 0 Å². The number of benzene rings is 1. The first-order valence-electron chi connectivity index (χ1n) is 6.13. The van der Waals surface area contributed by atoms with Crippen molar-refractivity contribution >= 4 is 11.5 Å². The Balaban J connectivity index is 3.14. The highest BCUT2D eigenvalue weighted by Gasteiger charge is 2.26. The van der Waals surface area contributed by atoms with Crippen LogP contribution in [0.4, 0.5) is 10.1 Å². The predicted molar refractivity (Wildman–Crippen MR) is 73.6 cm³/mol. The average molecular weight is 251 g/mol. The van der Waals surface area contributed by atoms with E-state index in [0.717, 1.165) is 5.69 Å². The third kappa shape index (κ3) is 3.83. The number of rotatable bonds is 2. The Hall–Kier alpha value is -1.38. The number of ketones is 1. The van der Waals surface area contributed by atoms with Crippen LogP contribution in [0.25, 0.3) is 0 Å². The molecule has 0 amide bonds. The van der Waals surface area contributed by atoms with Gasteiger partial charge in [0.1, 0.15) is 5.82 Å². The van der Waals surface area contributed by atoms with Gasteiger partial charge >= 0.3 is 0 Å². The summed E-state index contributed by atoms with van der Waals surface area (Å²) < 4.78 is 13.7. The number of anilines is 1. The standard InChI is InChI=1S/C15H22FNO/c1-14(2,3)13(18)11-9-10(7-8-12(11)16)17-15(4,5)6/h7-9,17H,1-6H3. The summed E-state index contributed by atoms with van der Waals surface area (Å²) in [5.74, 6) is -0.646. The molecule has 0 saturated carbocycles. The van der Waals surface area contributed by atoms with Gasteiger partial charge in [0.25, 0.3) is 0 Å². The normalized spacial score (nSPS) is 12.4. The number of carbonyl (C=O) groups is 1. The van der Waals surface area contributed by atoms with E-state index < -0.39 is 11.2 Å². The third-order valence-corrected chi connectivity index (χ3v) is 2.41. The summed E-state index contributed by atoms with van der Waals surface area (Å²) in [6.45, 7) is 11.4. The molecule has 1 rings (SSSR count). The summed E-state index contributed by atoms with van der Waals surface area (Å²) >= 11 is 0. The summed E-state index contributed by atoms with van der Waals surface area (Å²) in [5, 5.41) is 3.24. The second kappa shape index (κ2) is 4.71. The van der Waals surface area contributed by atoms with Gasteiger partial charge in [-0.25, -0.2) is 4.39 Å². The van der Waals surface area contributed by atoms with Crippen molar-refractivity contribution < 1.29 is 9.18 Å². The first kappa shape index (κ1) is 14.7. The van der Waals surface area contributed by atoms with Gasteiger partial charge in [-0.2, -0.15) is 0 Å². The molecule has 2 nitrogen and oxygen atoms in total. The van der Waals surface area contributed by atoms with Crippen LogP contribution in [-0.2, 0) is 0 Å². The first-order valence-corrected chi connectivity index (χ1v) is 6.13. The number of halogens is 1. The molecule has 0 aliphatic rings. The molecule has 0 unspecified atom stereocenters. The molecule has 3 heteroatoms. The Labute approximate surface area is 109 Å². The molecule has 100 valence electrons. The maximum atomic E-state index is 13.7. The minimum absolute atomic E-state index is 0.125. The molecular formula is C15H22FNO. The van der Waals surface area contributed by atoms with Gasteiger partial charge in [-0.3, -0.25) is 4.79 Å². The summed E-state index contributed by atoms with van der Waals surface area (Å²) in [5.41, 5.74) is 0.203. The zero-order chi connectivity index (χ0) is 14.1. The van der Waals surface area contributed by atoms with Gasteiger partial charge in [0.15, 0.2) is 5.78 Å². The molecule has 0 fully saturated rings. The van der Waals surface area contributed by atoms with E-state index in [1.165, 1.54) is 6.07 Å². The molecule has 0 atom stereocenters. The van der Waals surface area contributed by atoms with Crippen molar-refractivity contribution in [3.63, 3.8) is 0 Å². The molecule has 0 heterocycles. The predicted octanol–water partition coefficient (Wildman–Crippen LogP) is 4.26. The maximum absolute atomic E-state index is 13.7. The topological polar surface area (TPSA) is 29.1 Å². The van der Waals surface area contributed by atoms with E-state index in [1.54, 1.807) is 32.9 Å². The van der Waals surface area contributed by atoms with E-state index in [2.05, 4.69) is 5.32 Å². The minimum atomic E-state index is -0.582. The molecule has 1 aromatic carbocycles. The molecule has 1 N–H and O–H groups in total. The zero-order valence-corrected chi connectivity index (χ0v) is 12.0. The quantitative estimate of drug-likeness (QED) is 0.795. The third-order valence-electron chi connectivity index (χ3n) is 2.41. The van der Waals surface area contributed by atoms with Crippen molar-refractivity contribution in [3.05, 3.63) is 29.6 Å². The van der Waals surface area contributed by atoms with E-state index in [4.69, 9.17) is 0 Å². The molecule has 0 aliphatic heterocycles. The highest BCUT2D eigenvalue weighted by Crippen LogP contribution is 2.25. The lowest BCUT2D eigenvalue weighted by Gasteiger charge is -2.23. The van der Waals surface area contributed by atoms with Crippen molar-refractivity contribution in [2.45, 2.75) is 47.1 Å². The van der Waals surface area contributed by atoms with E-state index in [0.29, 0.717) is 0 Å². The molecule has 0 aromatic heterocycles. The van der Waals surface area contributed by atoms with E-state index >= 15 is 0 Å². The average Bonchev–Trinajstić information content (AvgIpc) is 2.16. The number of hydrogen-bond acceptors (Lipinski definition) is 2. The van der Waals surface area contributed by atoms with Crippen LogP contribution in [-0.4, -0.2) is 11.3 Å². The SMILES string of the molecule is CC(C)(C)Nc1ccc(F)c(C(=O)C(C)(C)C)c1. The van der Waals surface area contributed by atoms with Crippen molar-refractivity contribution in [1.29, 1.82) is 0 Å². The van der Waals surface area contributed by atoms with Gasteiger partial charge in [0.2, 0.25) is 0 Å². The Bertz CT molecular complexity index is 453.